The fourth-order valence-electron chi connectivity index (χ4n) is 3.01. The van der Waals surface area contributed by atoms with Crippen molar-refractivity contribution in [2.75, 3.05) is 0 Å². The van der Waals surface area contributed by atoms with E-state index in [1.54, 1.807) is 20.8 Å². The van der Waals surface area contributed by atoms with Gasteiger partial charge in [-0.05, 0) is 45.0 Å². The van der Waals surface area contributed by atoms with Gasteiger partial charge in [-0.2, -0.15) is 18.3 Å². The third-order valence-electron chi connectivity index (χ3n) is 4.18. The molecule has 1 N–H and O–H groups in total. The zero-order valence-corrected chi connectivity index (χ0v) is 15.8. The van der Waals surface area contributed by atoms with Crippen molar-refractivity contribution < 1.29 is 22.4 Å². The molecule has 0 bridgehead atoms. The van der Waals surface area contributed by atoms with Crippen molar-refractivity contribution in [1.29, 1.82) is 0 Å². The lowest BCUT2D eigenvalue weighted by atomic mass is 10.1. The zero-order valence-electron chi connectivity index (χ0n) is 15.8. The van der Waals surface area contributed by atoms with Crippen LogP contribution in [0, 0.1) is 12.7 Å². The van der Waals surface area contributed by atoms with Crippen LogP contribution in [0.5, 0.6) is 0 Å². The average Bonchev–Trinajstić information content (AvgIpc) is 2.97. The molecule has 3 rings (SSSR count). The topological polar surface area (TPSA) is 68.4 Å². The highest BCUT2D eigenvalue weighted by molar-refractivity contribution is 5.77. The number of hydrogen-bond acceptors (Lipinski definition) is 3. The maximum Gasteiger partial charge on any atom is 0.419 e. The second-order valence-electron chi connectivity index (χ2n) is 6.94. The van der Waals surface area contributed by atoms with E-state index in [2.05, 4.69) is 10.4 Å². The summed E-state index contributed by atoms with van der Waals surface area (Å²) in [5.74, 6) is -1.91. The van der Waals surface area contributed by atoms with Crippen molar-refractivity contribution in [1.82, 2.24) is 19.5 Å². The molecule has 10 heteroatoms. The second-order valence-corrected chi connectivity index (χ2v) is 6.94. The van der Waals surface area contributed by atoms with Crippen LogP contribution >= 0.6 is 0 Å². The van der Waals surface area contributed by atoms with Crippen LogP contribution in [0.4, 0.5) is 17.6 Å². The molecule has 0 unspecified atom stereocenters. The molecule has 0 aliphatic rings. The maximum atomic E-state index is 13.7. The van der Waals surface area contributed by atoms with E-state index in [1.807, 2.05) is 0 Å². The van der Waals surface area contributed by atoms with Crippen molar-refractivity contribution >= 4 is 11.4 Å². The van der Waals surface area contributed by atoms with Gasteiger partial charge >= 0.3 is 6.18 Å². The Morgan fingerprint density at radius 1 is 1.24 bits per heavy atom. The largest absolute Gasteiger partial charge is 0.419 e. The number of amides is 1. The smallest absolute Gasteiger partial charge is 0.352 e. The Morgan fingerprint density at radius 3 is 2.55 bits per heavy atom. The monoisotopic (exact) mass is 410 g/mol. The summed E-state index contributed by atoms with van der Waals surface area (Å²) in [5.41, 5.74) is -1.43. The van der Waals surface area contributed by atoms with E-state index in [9.17, 15) is 27.2 Å². The summed E-state index contributed by atoms with van der Waals surface area (Å²) in [4.78, 5) is 25.2. The summed E-state index contributed by atoms with van der Waals surface area (Å²) in [5, 5.41) is 6.76. The molecule has 0 saturated carbocycles. The molecule has 6 nitrogen and oxygen atoms in total. The van der Waals surface area contributed by atoms with Crippen molar-refractivity contribution in [2.24, 2.45) is 0 Å². The van der Waals surface area contributed by atoms with Gasteiger partial charge < -0.3 is 5.32 Å². The van der Waals surface area contributed by atoms with E-state index in [4.69, 9.17) is 0 Å². The predicted molar refractivity (Wildman–Crippen MR) is 97.9 cm³/mol. The zero-order chi connectivity index (χ0) is 21.5. The van der Waals surface area contributed by atoms with Crippen molar-refractivity contribution in [3.05, 3.63) is 57.9 Å². The van der Waals surface area contributed by atoms with Gasteiger partial charge in [-0.3, -0.25) is 14.2 Å². The minimum absolute atomic E-state index is 0.00926. The number of aryl methyl sites for hydroxylation is 1. The van der Waals surface area contributed by atoms with Crippen LogP contribution in [0.25, 0.3) is 16.8 Å². The fourth-order valence-corrected chi connectivity index (χ4v) is 3.01. The van der Waals surface area contributed by atoms with Crippen LogP contribution < -0.4 is 10.9 Å². The molecule has 3 aromatic rings. The lowest BCUT2D eigenvalue weighted by Gasteiger charge is -2.16. The molecule has 0 radical (unpaired) electrons. The Balaban J connectivity index is 2.24. The molecular formula is C19H18F4N4O2. The molecule has 0 saturated heterocycles. The Hall–Kier alpha value is -3.17. The highest BCUT2D eigenvalue weighted by Crippen LogP contribution is 2.34. The van der Waals surface area contributed by atoms with E-state index in [0.29, 0.717) is 17.8 Å². The Bertz CT molecular complexity index is 1150. The Morgan fingerprint density at radius 2 is 1.93 bits per heavy atom. The molecule has 0 spiro atoms. The van der Waals surface area contributed by atoms with Gasteiger partial charge in [0.1, 0.15) is 17.9 Å². The number of halogens is 4. The third kappa shape index (κ3) is 4.15. The van der Waals surface area contributed by atoms with E-state index in [1.165, 1.54) is 16.8 Å². The van der Waals surface area contributed by atoms with Crippen LogP contribution in [0.3, 0.4) is 0 Å². The molecule has 2 aromatic heterocycles. The van der Waals surface area contributed by atoms with Crippen LogP contribution in [0.15, 0.2) is 35.3 Å². The number of nitrogens with one attached hydrogen (secondary N) is 1. The van der Waals surface area contributed by atoms with E-state index in [-0.39, 0.29) is 22.8 Å². The van der Waals surface area contributed by atoms with Crippen LogP contribution in [0.1, 0.15) is 25.1 Å². The van der Waals surface area contributed by atoms with Gasteiger partial charge in [0.15, 0.2) is 0 Å². The van der Waals surface area contributed by atoms with Crippen molar-refractivity contribution in [2.45, 2.75) is 39.5 Å². The lowest BCUT2D eigenvalue weighted by molar-refractivity contribution is -0.140. The summed E-state index contributed by atoms with van der Waals surface area (Å²) < 4.78 is 55.4. The fraction of sp³-hybridized carbons (Fsp3) is 0.316. The van der Waals surface area contributed by atoms with Gasteiger partial charge in [0.2, 0.25) is 5.91 Å². The molecular weight excluding hydrogens is 392 g/mol. The van der Waals surface area contributed by atoms with Gasteiger partial charge in [0.05, 0.1) is 23.1 Å². The maximum absolute atomic E-state index is 13.7. The normalized spacial score (nSPS) is 12.0. The highest BCUT2D eigenvalue weighted by atomic mass is 19.4. The van der Waals surface area contributed by atoms with E-state index >= 15 is 0 Å². The summed E-state index contributed by atoms with van der Waals surface area (Å²) in [6, 6.07) is 3.74. The molecule has 0 atom stereocenters. The second kappa shape index (κ2) is 7.34. The first-order chi connectivity index (χ1) is 13.5. The minimum Gasteiger partial charge on any atom is -0.352 e. The standard InChI is InChI=1S/C19H18F4N4O2/c1-10(2)24-17(28)9-26-16(8-27-15(18(26)29)6-11(3)25-27)12-4-5-14(20)13(7-12)19(21,22)23/h4-8,10H,9H2,1-3H3,(H,24,28). The number of aromatic nitrogens is 3. The van der Waals surface area contributed by atoms with Crippen LogP contribution in [-0.2, 0) is 17.5 Å². The number of carbonyl (C=O) groups excluding carboxylic acids is 1. The molecule has 1 aromatic carbocycles. The van der Waals surface area contributed by atoms with Gasteiger partial charge in [0, 0.05) is 11.6 Å². The van der Waals surface area contributed by atoms with E-state index < -0.39 is 35.6 Å². The molecule has 0 aliphatic carbocycles. The first-order valence-corrected chi connectivity index (χ1v) is 8.73. The Kier molecular flexibility index (Phi) is 5.20. The van der Waals surface area contributed by atoms with Crippen molar-refractivity contribution in [3.63, 3.8) is 0 Å². The SMILES string of the molecule is Cc1cc2c(=O)n(CC(=O)NC(C)C)c(-c3ccc(F)c(C(F)(F)F)c3)cn2n1. The van der Waals surface area contributed by atoms with Gasteiger partial charge in [0.25, 0.3) is 5.56 Å². The molecule has 154 valence electrons. The average molecular weight is 410 g/mol. The number of hydrogen-bond donors (Lipinski definition) is 1. The Labute approximate surface area is 162 Å². The number of alkyl halides is 3. The first kappa shape index (κ1) is 20.6. The van der Waals surface area contributed by atoms with Crippen LogP contribution in [-0.4, -0.2) is 26.1 Å². The number of fused-ring (bicyclic) bond motifs is 1. The number of carbonyl (C=O) groups is 1. The summed E-state index contributed by atoms with van der Waals surface area (Å²) in [7, 11) is 0. The molecule has 29 heavy (non-hydrogen) atoms. The number of benzene rings is 1. The molecule has 0 aliphatic heterocycles. The minimum atomic E-state index is -4.91. The lowest BCUT2D eigenvalue weighted by Crippen LogP contribution is -2.37. The summed E-state index contributed by atoms with van der Waals surface area (Å²) in [6.45, 7) is 4.72. The number of nitrogens with zero attached hydrogens (tertiary/aromatic N) is 3. The van der Waals surface area contributed by atoms with E-state index in [0.717, 1.165) is 10.6 Å². The summed E-state index contributed by atoms with van der Waals surface area (Å²) >= 11 is 0. The van der Waals surface area contributed by atoms with Gasteiger partial charge in [-0.25, -0.2) is 8.91 Å². The third-order valence-corrected chi connectivity index (χ3v) is 4.18. The van der Waals surface area contributed by atoms with Crippen molar-refractivity contribution in [3.8, 4) is 11.3 Å². The predicted octanol–water partition coefficient (Wildman–Crippen LogP) is 3.15. The van der Waals surface area contributed by atoms with Gasteiger partial charge in [-0.1, -0.05) is 0 Å². The first-order valence-electron chi connectivity index (χ1n) is 8.73. The summed E-state index contributed by atoms with van der Waals surface area (Å²) in [6.07, 6.45) is -3.56. The molecule has 2 heterocycles. The quantitative estimate of drug-likeness (QED) is 0.672. The van der Waals surface area contributed by atoms with Gasteiger partial charge in [-0.15, -0.1) is 0 Å². The molecule has 1 amide bonds. The number of rotatable bonds is 4. The van der Waals surface area contributed by atoms with Crippen LogP contribution in [0.2, 0.25) is 0 Å². The highest BCUT2D eigenvalue weighted by Gasteiger charge is 2.34. The molecule has 0 fully saturated rings.